The number of thioether (sulfide) groups is 2. The molecular weight excluding hydrogens is 506 g/mol. The van der Waals surface area contributed by atoms with Gasteiger partial charge in [-0.25, -0.2) is 4.79 Å². The predicted octanol–water partition coefficient (Wildman–Crippen LogP) is 1.12. The van der Waals surface area contributed by atoms with Crippen molar-refractivity contribution in [2.24, 2.45) is 5.92 Å². The van der Waals surface area contributed by atoms with E-state index in [9.17, 15) is 29.6 Å². The third kappa shape index (κ3) is 4.78. The van der Waals surface area contributed by atoms with Crippen LogP contribution in [-0.4, -0.2) is 75.6 Å². The van der Waals surface area contributed by atoms with E-state index in [1.807, 2.05) is 6.92 Å². The van der Waals surface area contributed by atoms with Crippen LogP contribution in [0.25, 0.3) is 0 Å². The Morgan fingerprint density at radius 1 is 1.44 bits per heavy atom. The lowest BCUT2D eigenvalue weighted by atomic mass is 10.0. The Balaban J connectivity index is 1.39. The standard InChI is InChI=1S/C18H19N7O6S3/c1-8(4-23-5-11(3-19-23)25(30)31)14(26)20-12-15(27)24-13(17(28)29)10(6-32-16(12)24)7-33-18-22-21-9(2)34-18/h3,5,8,12,16H,4,6-7H2,1-2H3,(H,20,26)(H,28,29)/t8-,12-,16+/m1/s1. The highest BCUT2D eigenvalue weighted by atomic mass is 32.2. The van der Waals surface area contributed by atoms with Crippen molar-refractivity contribution >= 4 is 58.3 Å². The molecule has 13 nitrogen and oxygen atoms in total. The van der Waals surface area contributed by atoms with E-state index < -0.39 is 40.0 Å². The Morgan fingerprint density at radius 2 is 2.21 bits per heavy atom. The van der Waals surface area contributed by atoms with Crippen molar-refractivity contribution in [1.82, 2.24) is 30.2 Å². The highest BCUT2D eigenvalue weighted by molar-refractivity contribution is 8.01. The molecule has 0 saturated carbocycles. The van der Waals surface area contributed by atoms with Gasteiger partial charge in [0, 0.05) is 11.5 Å². The molecule has 0 radical (unpaired) electrons. The molecular formula is C18H19N7O6S3. The zero-order valence-electron chi connectivity index (χ0n) is 17.9. The van der Waals surface area contributed by atoms with Gasteiger partial charge in [-0.3, -0.25) is 29.3 Å². The summed E-state index contributed by atoms with van der Waals surface area (Å²) in [5, 5.41) is 35.4. The Bertz CT molecular complexity index is 1190. The molecule has 2 N–H and O–H groups in total. The second kappa shape index (κ2) is 9.71. The van der Waals surface area contributed by atoms with Gasteiger partial charge < -0.3 is 10.4 Å². The van der Waals surface area contributed by atoms with E-state index in [1.54, 1.807) is 6.92 Å². The second-order valence-corrected chi connectivity index (χ2v) is 11.1. The van der Waals surface area contributed by atoms with Crippen LogP contribution in [0.15, 0.2) is 28.0 Å². The maximum absolute atomic E-state index is 12.8. The number of aryl methyl sites for hydroxylation is 1. The van der Waals surface area contributed by atoms with Crippen LogP contribution >= 0.6 is 34.9 Å². The van der Waals surface area contributed by atoms with Crippen LogP contribution in [0.2, 0.25) is 0 Å². The molecule has 4 rings (SSSR count). The average molecular weight is 526 g/mol. The molecule has 2 aliphatic heterocycles. The summed E-state index contributed by atoms with van der Waals surface area (Å²) in [6.07, 6.45) is 2.32. The number of carbonyl (C=O) groups is 3. The Hall–Kier alpha value is -2.98. The van der Waals surface area contributed by atoms with Gasteiger partial charge in [0.25, 0.3) is 5.91 Å². The van der Waals surface area contributed by atoms with Crippen LogP contribution in [0.3, 0.4) is 0 Å². The summed E-state index contributed by atoms with van der Waals surface area (Å²) in [5.41, 5.74) is 0.377. The van der Waals surface area contributed by atoms with E-state index in [0.29, 0.717) is 17.1 Å². The number of carboxylic acid groups (broad SMARTS) is 1. The van der Waals surface area contributed by atoms with Gasteiger partial charge >= 0.3 is 11.7 Å². The van der Waals surface area contributed by atoms with Gasteiger partial charge in [0.1, 0.15) is 34.5 Å². The summed E-state index contributed by atoms with van der Waals surface area (Å²) < 4.78 is 2.01. The largest absolute Gasteiger partial charge is 0.477 e. The number of hydrogen-bond acceptors (Lipinski definition) is 11. The number of nitro groups is 1. The highest BCUT2D eigenvalue weighted by Crippen LogP contribution is 2.41. The smallest absolute Gasteiger partial charge is 0.352 e. The molecule has 34 heavy (non-hydrogen) atoms. The summed E-state index contributed by atoms with van der Waals surface area (Å²) in [6.45, 7) is 3.54. The van der Waals surface area contributed by atoms with Crippen molar-refractivity contribution in [3.8, 4) is 0 Å². The lowest BCUT2D eigenvalue weighted by molar-refractivity contribution is -0.385. The number of nitrogens with one attached hydrogen (secondary N) is 1. The van der Waals surface area contributed by atoms with Crippen molar-refractivity contribution in [3.63, 3.8) is 0 Å². The van der Waals surface area contributed by atoms with Gasteiger partial charge in [-0.2, -0.15) is 5.10 Å². The van der Waals surface area contributed by atoms with Gasteiger partial charge in [0.15, 0.2) is 4.34 Å². The van der Waals surface area contributed by atoms with Gasteiger partial charge in [-0.15, -0.1) is 22.0 Å². The van der Waals surface area contributed by atoms with Crippen LogP contribution in [0.1, 0.15) is 11.9 Å². The first kappa shape index (κ1) is 24.2. The van der Waals surface area contributed by atoms with E-state index in [2.05, 4.69) is 20.6 Å². The minimum Gasteiger partial charge on any atom is -0.477 e. The minimum atomic E-state index is -1.19. The first-order valence-electron chi connectivity index (χ1n) is 9.95. The fourth-order valence-electron chi connectivity index (χ4n) is 3.49. The fraction of sp³-hybridized carbons (Fsp3) is 0.444. The number of fused-ring (bicyclic) bond motifs is 1. The van der Waals surface area contributed by atoms with Crippen molar-refractivity contribution < 1.29 is 24.4 Å². The van der Waals surface area contributed by atoms with Crippen molar-refractivity contribution in [3.05, 3.63) is 38.8 Å². The number of carboxylic acids is 1. The third-order valence-electron chi connectivity index (χ3n) is 5.16. The fourth-order valence-corrected chi connectivity index (χ4v) is 6.79. The van der Waals surface area contributed by atoms with Crippen LogP contribution in [-0.2, 0) is 20.9 Å². The molecule has 2 aliphatic rings. The van der Waals surface area contributed by atoms with Gasteiger partial charge in [-0.05, 0) is 12.5 Å². The van der Waals surface area contributed by atoms with E-state index in [4.69, 9.17) is 0 Å². The number of amides is 2. The molecule has 2 aromatic rings. The molecule has 1 saturated heterocycles. The average Bonchev–Trinajstić information content (AvgIpc) is 3.43. The Labute approximate surface area is 205 Å². The maximum Gasteiger partial charge on any atom is 0.352 e. The zero-order valence-corrected chi connectivity index (χ0v) is 20.4. The van der Waals surface area contributed by atoms with Crippen molar-refractivity contribution in [2.45, 2.75) is 36.1 Å². The van der Waals surface area contributed by atoms with Crippen LogP contribution in [0.5, 0.6) is 0 Å². The molecule has 0 spiro atoms. The number of aliphatic carboxylic acids is 1. The number of aromatic nitrogens is 4. The van der Waals surface area contributed by atoms with Crippen LogP contribution in [0, 0.1) is 23.0 Å². The van der Waals surface area contributed by atoms with E-state index in [0.717, 1.165) is 15.5 Å². The molecule has 180 valence electrons. The zero-order chi connectivity index (χ0) is 24.6. The number of nitrogens with zero attached hydrogens (tertiary/aromatic N) is 6. The molecule has 0 aliphatic carbocycles. The lowest BCUT2D eigenvalue weighted by Crippen LogP contribution is -2.71. The normalized spacial score (nSPS) is 20.5. The van der Waals surface area contributed by atoms with Gasteiger partial charge in [0.05, 0.1) is 17.4 Å². The number of carbonyl (C=O) groups excluding carboxylic acids is 2. The SMILES string of the molecule is Cc1nnc(SCC2=C(C(=O)O)N3C(=O)[C@@H](NC(=O)[C@H](C)Cn4cc([N+](=O)[O-])cn4)[C@@H]3SC2)s1. The Morgan fingerprint density at radius 3 is 2.82 bits per heavy atom. The molecule has 3 atom stereocenters. The maximum atomic E-state index is 12.8. The molecule has 1 fully saturated rings. The summed E-state index contributed by atoms with van der Waals surface area (Å²) in [7, 11) is 0. The molecule has 0 bridgehead atoms. The van der Waals surface area contributed by atoms with E-state index in [1.165, 1.54) is 50.6 Å². The molecule has 4 heterocycles. The molecule has 2 aromatic heterocycles. The second-order valence-electron chi connectivity index (χ2n) is 7.61. The van der Waals surface area contributed by atoms with Crippen molar-refractivity contribution in [1.29, 1.82) is 0 Å². The van der Waals surface area contributed by atoms with E-state index in [-0.39, 0.29) is 17.9 Å². The lowest BCUT2D eigenvalue weighted by Gasteiger charge is -2.49. The van der Waals surface area contributed by atoms with Gasteiger partial charge in [0.2, 0.25) is 5.91 Å². The first-order valence-corrected chi connectivity index (χ1v) is 12.8. The molecule has 2 amide bonds. The first-order chi connectivity index (χ1) is 16.2. The summed E-state index contributed by atoms with van der Waals surface area (Å²) in [4.78, 5) is 48.8. The quantitative estimate of drug-likeness (QED) is 0.208. The topological polar surface area (TPSA) is 173 Å². The van der Waals surface area contributed by atoms with Crippen LogP contribution in [0.4, 0.5) is 5.69 Å². The van der Waals surface area contributed by atoms with Crippen molar-refractivity contribution in [2.75, 3.05) is 11.5 Å². The minimum absolute atomic E-state index is 0.0510. The summed E-state index contributed by atoms with van der Waals surface area (Å²) in [6, 6.07) is -0.846. The van der Waals surface area contributed by atoms with Crippen LogP contribution < -0.4 is 5.32 Å². The third-order valence-corrected chi connectivity index (χ3v) is 8.56. The number of hydrogen-bond donors (Lipinski definition) is 2. The molecule has 0 aromatic carbocycles. The predicted molar refractivity (Wildman–Crippen MR) is 123 cm³/mol. The summed E-state index contributed by atoms with van der Waals surface area (Å²) >= 11 is 4.17. The molecule has 16 heteroatoms. The number of β-lactam (4-membered cyclic amide) rings is 1. The van der Waals surface area contributed by atoms with E-state index >= 15 is 0 Å². The Kier molecular flexibility index (Phi) is 6.90. The van der Waals surface area contributed by atoms with Gasteiger partial charge in [-0.1, -0.05) is 30.0 Å². The summed E-state index contributed by atoms with van der Waals surface area (Å²) in [5.74, 6) is -1.96. The highest BCUT2D eigenvalue weighted by Gasteiger charge is 2.54. The molecule has 0 unspecified atom stereocenters. The number of rotatable bonds is 9. The monoisotopic (exact) mass is 525 g/mol.